The number of aliphatic hydroxyl groups is 1. The van der Waals surface area contributed by atoms with Gasteiger partial charge in [-0.2, -0.15) is 0 Å². The summed E-state index contributed by atoms with van der Waals surface area (Å²) in [5, 5.41) is 8.39. The molecule has 0 radical (unpaired) electrons. The third-order valence-electron chi connectivity index (χ3n) is 1.36. The summed E-state index contributed by atoms with van der Waals surface area (Å²) in [6.45, 7) is 4.92. The van der Waals surface area contributed by atoms with E-state index in [1.807, 2.05) is 6.08 Å². The summed E-state index contributed by atoms with van der Waals surface area (Å²) in [6, 6.07) is 0. The second-order valence-electron chi connectivity index (χ2n) is 2.47. The zero-order chi connectivity index (χ0) is 9.07. The minimum Gasteiger partial charge on any atom is -0.394 e. The average molecular weight is 170 g/mol. The molecule has 0 spiro atoms. The quantitative estimate of drug-likeness (QED) is 0.445. The molecule has 0 unspecified atom stereocenters. The molecular weight excluding hydrogens is 152 g/mol. The molecule has 0 fully saturated rings. The molecule has 2 heteroatoms. The minimum atomic E-state index is 0.117. The predicted octanol–water partition coefficient (Wildman–Crippen LogP) is 1.91. The first-order chi connectivity index (χ1) is 5.91. The summed E-state index contributed by atoms with van der Waals surface area (Å²) in [5.41, 5.74) is 0. The van der Waals surface area contributed by atoms with Crippen molar-refractivity contribution in [1.82, 2.24) is 0 Å². The van der Waals surface area contributed by atoms with Gasteiger partial charge in [0.25, 0.3) is 0 Å². The SMILES string of the molecule is C=CCC=CCCCOCCO. The van der Waals surface area contributed by atoms with Crippen LogP contribution in [0.5, 0.6) is 0 Å². The lowest BCUT2D eigenvalue weighted by Crippen LogP contribution is -1.99. The largest absolute Gasteiger partial charge is 0.394 e. The van der Waals surface area contributed by atoms with Crippen LogP contribution in [0.2, 0.25) is 0 Å². The monoisotopic (exact) mass is 170 g/mol. The number of aliphatic hydroxyl groups excluding tert-OH is 1. The predicted molar refractivity (Wildman–Crippen MR) is 51.1 cm³/mol. The third kappa shape index (κ3) is 9.40. The van der Waals surface area contributed by atoms with E-state index in [9.17, 15) is 0 Å². The fourth-order valence-electron chi connectivity index (χ4n) is 0.780. The molecule has 0 aliphatic heterocycles. The van der Waals surface area contributed by atoms with Crippen molar-refractivity contribution in [3.8, 4) is 0 Å². The maximum atomic E-state index is 8.39. The van der Waals surface area contributed by atoms with E-state index >= 15 is 0 Å². The first-order valence-corrected chi connectivity index (χ1v) is 4.36. The number of allylic oxidation sites excluding steroid dienone is 3. The lowest BCUT2D eigenvalue weighted by molar-refractivity contribution is 0.0911. The summed E-state index contributed by atoms with van der Waals surface area (Å²) in [6.07, 6.45) is 9.10. The average Bonchev–Trinajstić information content (AvgIpc) is 2.10. The van der Waals surface area contributed by atoms with Crippen molar-refractivity contribution in [3.63, 3.8) is 0 Å². The first-order valence-electron chi connectivity index (χ1n) is 4.36. The van der Waals surface area contributed by atoms with Crippen molar-refractivity contribution in [2.75, 3.05) is 19.8 Å². The Morgan fingerprint density at radius 2 is 2.08 bits per heavy atom. The normalized spacial score (nSPS) is 10.8. The van der Waals surface area contributed by atoms with Gasteiger partial charge in [0.15, 0.2) is 0 Å². The zero-order valence-corrected chi connectivity index (χ0v) is 7.54. The van der Waals surface area contributed by atoms with Crippen LogP contribution < -0.4 is 0 Å². The second kappa shape index (κ2) is 10.4. The van der Waals surface area contributed by atoms with Crippen molar-refractivity contribution >= 4 is 0 Å². The van der Waals surface area contributed by atoms with Crippen LogP contribution in [-0.4, -0.2) is 24.9 Å². The molecular formula is C10H18O2. The molecule has 70 valence electrons. The van der Waals surface area contributed by atoms with Crippen molar-refractivity contribution in [2.24, 2.45) is 0 Å². The van der Waals surface area contributed by atoms with Gasteiger partial charge in [0, 0.05) is 6.61 Å². The molecule has 0 aromatic carbocycles. The lowest BCUT2D eigenvalue weighted by atomic mass is 10.3. The third-order valence-corrected chi connectivity index (χ3v) is 1.36. The highest BCUT2D eigenvalue weighted by molar-refractivity contribution is 4.87. The highest BCUT2D eigenvalue weighted by Crippen LogP contribution is 1.93. The molecule has 0 bridgehead atoms. The standard InChI is InChI=1S/C10H18O2/c1-2-3-4-5-6-7-9-12-10-8-11/h2,4-5,11H,1,3,6-10H2. The molecule has 0 saturated heterocycles. The fraction of sp³-hybridized carbons (Fsp3) is 0.600. The Balaban J connectivity index is 2.94. The fourth-order valence-corrected chi connectivity index (χ4v) is 0.780. The van der Waals surface area contributed by atoms with E-state index in [0.29, 0.717) is 6.61 Å². The van der Waals surface area contributed by atoms with Gasteiger partial charge in [-0.3, -0.25) is 0 Å². The van der Waals surface area contributed by atoms with Gasteiger partial charge < -0.3 is 9.84 Å². The number of unbranched alkanes of at least 4 members (excludes halogenated alkanes) is 1. The highest BCUT2D eigenvalue weighted by Gasteiger charge is 1.84. The molecule has 0 aromatic rings. The minimum absolute atomic E-state index is 0.117. The lowest BCUT2D eigenvalue weighted by Gasteiger charge is -1.98. The maximum absolute atomic E-state index is 8.39. The van der Waals surface area contributed by atoms with Crippen molar-refractivity contribution in [3.05, 3.63) is 24.8 Å². The molecule has 1 N–H and O–H groups in total. The van der Waals surface area contributed by atoms with Gasteiger partial charge in [-0.15, -0.1) is 6.58 Å². The van der Waals surface area contributed by atoms with Gasteiger partial charge >= 0.3 is 0 Å². The number of hydrogen-bond acceptors (Lipinski definition) is 2. The van der Waals surface area contributed by atoms with Gasteiger partial charge in [-0.1, -0.05) is 18.2 Å². The Hall–Kier alpha value is -0.600. The second-order valence-corrected chi connectivity index (χ2v) is 2.47. The first kappa shape index (κ1) is 11.4. The van der Waals surface area contributed by atoms with Crippen LogP contribution in [0.25, 0.3) is 0 Å². The van der Waals surface area contributed by atoms with E-state index in [4.69, 9.17) is 9.84 Å². The zero-order valence-electron chi connectivity index (χ0n) is 7.54. The molecule has 0 heterocycles. The Labute approximate surface area is 74.6 Å². The van der Waals surface area contributed by atoms with Crippen molar-refractivity contribution in [2.45, 2.75) is 19.3 Å². The van der Waals surface area contributed by atoms with Crippen LogP contribution in [0.1, 0.15) is 19.3 Å². The van der Waals surface area contributed by atoms with Gasteiger partial charge in [-0.05, 0) is 19.3 Å². The van der Waals surface area contributed by atoms with E-state index < -0.39 is 0 Å². The Bertz CT molecular complexity index is 119. The molecule has 12 heavy (non-hydrogen) atoms. The van der Waals surface area contributed by atoms with Gasteiger partial charge in [0.2, 0.25) is 0 Å². The molecule has 0 rings (SSSR count). The van der Waals surface area contributed by atoms with Gasteiger partial charge in [0.05, 0.1) is 13.2 Å². The molecule has 0 atom stereocenters. The topological polar surface area (TPSA) is 29.5 Å². The summed E-state index contributed by atoms with van der Waals surface area (Å²) >= 11 is 0. The molecule has 0 aromatic heterocycles. The smallest absolute Gasteiger partial charge is 0.0697 e. The van der Waals surface area contributed by atoms with Crippen LogP contribution >= 0.6 is 0 Å². The van der Waals surface area contributed by atoms with Crippen LogP contribution in [0, 0.1) is 0 Å². The van der Waals surface area contributed by atoms with Gasteiger partial charge in [-0.25, -0.2) is 0 Å². The van der Waals surface area contributed by atoms with E-state index in [-0.39, 0.29) is 6.61 Å². The molecule has 0 saturated carbocycles. The van der Waals surface area contributed by atoms with Crippen LogP contribution in [0.3, 0.4) is 0 Å². The molecule has 0 aliphatic rings. The molecule has 0 aliphatic carbocycles. The summed E-state index contributed by atoms with van der Waals surface area (Å²) in [7, 11) is 0. The van der Waals surface area contributed by atoms with E-state index in [1.165, 1.54) is 0 Å². The Morgan fingerprint density at radius 1 is 1.25 bits per heavy atom. The Kier molecular flexibility index (Phi) is 9.88. The van der Waals surface area contributed by atoms with E-state index in [0.717, 1.165) is 25.9 Å². The number of ether oxygens (including phenoxy) is 1. The number of hydrogen-bond donors (Lipinski definition) is 1. The van der Waals surface area contributed by atoms with Crippen LogP contribution in [-0.2, 0) is 4.74 Å². The molecule has 2 nitrogen and oxygen atoms in total. The van der Waals surface area contributed by atoms with E-state index in [1.54, 1.807) is 0 Å². The molecule has 0 amide bonds. The Morgan fingerprint density at radius 3 is 2.75 bits per heavy atom. The summed E-state index contributed by atoms with van der Waals surface area (Å²) in [4.78, 5) is 0. The van der Waals surface area contributed by atoms with Crippen molar-refractivity contribution in [1.29, 1.82) is 0 Å². The highest BCUT2D eigenvalue weighted by atomic mass is 16.5. The summed E-state index contributed by atoms with van der Waals surface area (Å²) in [5.74, 6) is 0. The summed E-state index contributed by atoms with van der Waals surface area (Å²) < 4.78 is 5.09. The van der Waals surface area contributed by atoms with Crippen LogP contribution in [0.15, 0.2) is 24.8 Å². The van der Waals surface area contributed by atoms with Crippen molar-refractivity contribution < 1.29 is 9.84 Å². The van der Waals surface area contributed by atoms with Crippen LogP contribution in [0.4, 0.5) is 0 Å². The maximum Gasteiger partial charge on any atom is 0.0697 e. The van der Waals surface area contributed by atoms with Gasteiger partial charge in [0.1, 0.15) is 0 Å². The number of rotatable bonds is 8. The van der Waals surface area contributed by atoms with E-state index in [2.05, 4.69) is 18.7 Å².